The normalized spacial score (nSPS) is 50.2. The van der Waals surface area contributed by atoms with E-state index < -0.39 is 0 Å². The highest BCUT2D eigenvalue weighted by Gasteiger charge is 2.56. The number of halogens is 1. The van der Waals surface area contributed by atoms with Crippen LogP contribution in [0.1, 0.15) is 59.3 Å². The molecule has 0 heterocycles. The molecule has 0 N–H and O–H groups in total. The van der Waals surface area contributed by atoms with Crippen LogP contribution in [0.25, 0.3) is 0 Å². The summed E-state index contributed by atoms with van der Waals surface area (Å²) in [5.41, 5.74) is 3.38. The van der Waals surface area contributed by atoms with E-state index in [4.69, 9.17) is 0 Å². The molecule has 0 spiro atoms. The van der Waals surface area contributed by atoms with Gasteiger partial charge in [0.25, 0.3) is 0 Å². The molecule has 0 nitrogen and oxygen atoms in total. The SMILES string of the molecule is C=C(C)[C@@H]1CC[C@H](C)[C@H]2CC[C@]3(C)[C@@H](Br)CCC(=C)[C@H]3[C@@H]21. The summed E-state index contributed by atoms with van der Waals surface area (Å²) in [6.45, 7) is 16.2. The number of hydrogen-bond donors (Lipinski definition) is 0. The molecule has 0 amide bonds. The van der Waals surface area contributed by atoms with Crippen LogP contribution in [0.2, 0.25) is 0 Å². The van der Waals surface area contributed by atoms with Crippen LogP contribution in [0, 0.1) is 35.0 Å². The Labute approximate surface area is 139 Å². The van der Waals surface area contributed by atoms with Gasteiger partial charge in [-0.25, -0.2) is 0 Å². The molecule has 3 saturated carbocycles. The zero-order valence-electron chi connectivity index (χ0n) is 14.0. The number of rotatable bonds is 1. The molecule has 0 bridgehead atoms. The van der Waals surface area contributed by atoms with Crippen molar-refractivity contribution in [3.05, 3.63) is 24.3 Å². The minimum absolute atomic E-state index is 0.418. The molecule has 3 aliphatic rings. The monoisotopic (exact) mass is 350 g/mol. The minimum Gasteiger partial charge on any atom is -0.0998 e. The van der Waals surface area contributed by atoms with Crippen LogP contribution < -0.4 is 0 Å². The van der Waals surface area contributed by atoms with Crippen LogP contribution in [0.15, 0.2) is 24.3 Å². The van der Waals surface area contributed by atoms with Crippen molar-refractivity contribution in [2.24, 2.45) is 35.0 Å². The van der Waals surface area contributed by atoms with Gasteiger partial charge in [0.2, 0.25) is 0 Å². The standard InChI is InChI=1S/C20H31Br/c1-12(2)15-8-6-13(3)16-10-11-20(5)17(21)9-7-14(4)19(20)18(15)16/h13,15-19H,1,4,6-11H2,2-3,5H3/t13-,15-,16+,17-,18+,19-,20+/m0/s1. The number of hydrogen-bond acceptors (Lipinski definition) is 0. The summed E-state index contributed by atoms with van der Waals surface area (Å²) in [6.07, 6.45) is 8.03. The van der Waals surface area contributed by atoms with Crippen LogP contribution >= 0.6 is 15.9 Å². The Kier molecular flexibility index (Phi) is 4.19. The Morgan fingerprint density at radius 2 is 1.95 bits per heavy atom. The van der Waals surface area contributed by atoms with E-state index in [1.54, 1.807) is 5.57 Å². The maximum atomic E-state index is 4.54. The van der Waals surface area contributed by atoms with Gasteiger partial charge in [0.1, 0.15) is 0 Å². The van der Waals surface area contributed by atoms with Crippen molar-refractivity contribution >= 4 is 15.9 Å². The van der Waals surface area contributed by atoms with Gasteiger partial charge in [-0.2, -0.15) is 0 Å². The lowest BCUT2D eigenvalue weighted by molar-refractivity contribution is -0.0446. The fourth-order valence-electron chi connectivity index (χ4n) is 6.02. The van der Waals surface area contributed by atoms with Gasteiger partial charge >= 0.3 is 0 Å². The Hall–Kier alpha value is -0.0400. The van der Waals surface area contributed by atoms with E-state index in [0.717, 1.165) is 23.7 Å². The molecule has 3 rings (SSSR count). The molecule has 0 radical (unpaired) electrons. The molecule has 1 heteroatoms. The Bertz CT molecular complexity index is 451. The first-order valence-electron chi connectivity index (χ1n) is 8.83. The molecular formula is C20H31Br. The van der Waals surface area contributed by atoms with E-state index in [9.17, 15) is 0 Å². The first-order valence-corrected chi connectivity index (χ1v) is 9.75. The van der Waals surface area contributed by atoms with Crippen molar-refractivity contribution in [1.82, 2.24) is 0 Å². The van der Waals surface area contributed by atoms with Crippen molar-refractivity contribution in [2.45, 2.75) is 64.1 Å². The van der Waals surface area contributed by atoms with Crippen LogP contribution in [0.3, 0.4) is 0 Å². The fraction of sp³-hybridized carbons (Fsp3) is 0.800. The Balaban J connectivity index is 2.02. The molecule has 3 fully saturated rings. The van der Waals surface area contributed by atoms with Crippen molar-refractivity contribution in [3.8, 4) is 0 Å². The molecule has 7 atom stereocenters. The third-order valence-electron chi connectivity index (χ3n) is 7.24. The largest absolute Gasteiger partial charge is 0.0998 e. The molecule has 0 aromatic carbocycles. The third-order valence-corrected chi connectivity index (χ3v) is 8.75. The third kappa shape index (κ3) is 2.38. The predicted octanol–water partition coefficient (Wildman–Crippen LogP) is 6.37. The van der Waals surface area contributed by atoms with Gasteiger partial charge in [-0.15, -0.1) is 0 Å². The van der Waals surface area contributed by atoms with Gasteiger partial charge in [0.15, 0.2) is 0 Å². The molecule has 0 unspecified atom stereocenters. The molecule has 21 heavy (non-hydrogen) atoms. The lowest BCUT2D eigenvalue weighted by Gasteiger charge is -2.60. The summed E-state index contributed by atoms with van der Waals surface area (Å²) in [5, 5.41) is 0. The van der Waals surface area contributed by atoms with E-state index in [2.05, 4.69) is 49.9 Å². The van der Waals surface area contributed by atoms with Crippen LogP contribution in [0.5, 0.6) is 0 Å². The van der Waals surface area contributed by atoms with E-state index in [0.29, 0.717) is 16.2 Å². The van der Waals surface area contributed by atoms with Crippen LogP contribution in [-0.2, 0) is 0 Å². The summed E-state index contributed by atoms with van der Waals surface area (Å²) < 4.78 is 0. The minimum atomic E-state index is 0.418. The summed E-state index contributed by atoms with van der Waals surface area (Å²) in [4.78, 5) is 0.671. The number of allylic oxidation sites excluding steroid dienone is 2. The Morgan fingerprint density at radius 1 is 1.24 bits per heavy atom. The van der Waals surface area contributed by atoms with Crippen molar-refractivity contribution in [3.63, 3.8) is 0 Å². The topological polar surface area (TPSA) is 0 Å². The Morgan fingerprint density at radius 3 is 2.62 bits per heavy atom. The lowest BCUT2D eigenvalue weighted by Crippen LogP contribution is -2.54. The van der Waals surface area contributed by atoms with Gasteiger partial charge in [-0.3, -0.25) is 0 Å². The van der Waals surface area contributed by atoms with Crippen molar-refractivity contribution in [1.29, 1.82) is 0 Å². The van der Waals surface area contributed by atoms with E-state index in [-0.39, 0.29) is 0 Å². The maximum Gasteiger partial charge on any atom is 0.0208 e. The summed E-state index contributed by atoms with van der Waals surface area (Å²) in [7, 11) is 0. The average molecular weight is 351 g/mol. The van der Waals surface area contributed by atoms with Crippen LogP contribution in [0.4, 0.5) is 0 Å². The molecule has 3 aliphatic carbocycles. The first kappa shape index (κ1) is 15.8. The van der Waals surface area contributed by atoms with Gasteiger partial charge < -0.3 is 0 Å². The average Bonchev–Trinajstić information content (AvgIpc) is 2.43. The number of fused-ring (bicyclic) bond motifs is 3. The van der Waals surface area contributed by atoms with Crippen molar-refractivity contribution in [2.75, 3.05) is 0 Å². The summed E-state index contributed by atoms with van der Waals surface area (Å²) in [6, 6.07) is 0. The second-order valence-corrected chi connectivity index (χ2v) is 9.54. The molecule has 118 valence electrons. The highest BCUT2D eigenvalue weighted by molar-refractivity contribution is 9.09. The molecule has 0 aromatic heterocycles. The summed E-state index contributed by atoms with van der Waals surface area (Å²) in [5.74, 6) is 4.02. The zero-order chi connectivity index (χ0) is 15.4. The number of alkyl halides is 1. The predicted molar refractivity (Wildman–Crippen MR) is 95.6 cm³/mol. The quantitative estimate of drug-likeness (QED) is 0.380. The van der Waals surface area contributed by atoms with Gasteiger partial charge in [0, 0.05) is 4.83 Å². The van der Waals surface area contributed by atoms with Gasteiger partial charge in [-0.1, -0.05) is 54.1 Å². The highest BCUT2D eigenvalue weighted by Crippen LogP contribution is 2.63. The molecular weight excluding hydrogens is 320 g/mol. The maximum absolute atomic E-state index is 4.54. The second-order valence-electron chi connectivity index (χ2n) is 8.44. The van der Waals surface area contributed by atoms with Crippen LogP contribution in [-0.4, -0.2) is 4.83 Å². The molecule has 0 aliphatic heterocycles. The second kappa shape index (κ2) is 5.55. The van der Waals surface area contributed by atoms with Gasteiger partial charge in [-0.05, 0) is 80.5 Å². The highest BCUT2D eigenvalue weighted by atomic mass is 79.9. The van der Waals surface area contributed by atoms with Gasteiger partial charge in [0.05, 0.1) is 0 Å². The fourth-order valence-corrected chi connectivity index (χ4v) is 6.76. The first-order chi connectivity index (χ1) is 9.86. The zero-order valence-corrected chi connectivity index (χ0v) is 15.6. The molecule has 0 saturated heterocycles. The lowest BCUT2D eigenvalue weighted by atomic mass is 9.46. The van der Waals surface area contributed by atoms with E-state index in [1.807, 2.05) is 0 Å². The van der Waals surface area contributed by atoms with E-state index in [1.165, 1.54) is 44.1 Å². The smallest absolute Gasteiger partial charge is 0.0208 e. The molecule has 0 aromatic rings. The summed E-state index contributed by atoms with van der Waals surface area (Å²) >= 11 is 4.04. The van der Waals surface area contributed by atoms with Crippen molar-refractivity contribution < 1.29 is 0 Å². The van der Waals surface area contributed by atoms with E-state index >= 15 is 0 Å².